The highest BCUT2D eigenvalue weighted by Crippen LogP contribution is 2.33. The number of hydrogen-bond donors (Lipinski definition) is 1. The van der Waals surface area contributed by atoms with Gasteiger partial charge in [-0.25, -0.2) is 9.59 Å². The minimum Gasteiger partial charge on any atom is -0.465 e. The topological polar surface area (TPSA) is 107 Å². The van der Waals surface area contributed by atoms with Gasteiger partial charge >= 0.3 is 12.1 Å². The number of nitrogens with zero attached hydrogens (tertiary/aromatic N) is 2. The first kappa shape index (κ1) is 27.9. The van der Waals surface area contributed by atoms with Gasteiger partial charge in [-0.2, -0.15) is 0 Å². The first-order valence-electron chi connectivity index (χ1n) is 13.0. The lowest BCUT2D eigenvalue weighted by molar-refractivity contribution is -0.127. The summed E-state index contributed by atoms with van der Waals surface area (Å²) in [4.78, 5) is 52.4. The van der Waals surface area contributed by atoms with Crippen LogP contribution in [0.25, 0.3) is 10.8 Å². The van der Waals surface area contributed by atoms with Gasteiger partial charge in [0.15, 0.2) is 0 Å². The average molecular weight is 534 g/mol. The Morgan fingerprint density at radius 3 is 2.41 bits per heavy atom. The lowest BCUT2D eigenvalue weighted by Crippen LogP contribution is -2.48. The molecule has 1 aromatic heterocycles. The van der Waals surface area contributed by atoms with Crippen LogP contribution in [0.4, 0.5) is 10.5 Å². The van der Waals surface area contributed by atoms with Crippen LogP contribution in [0.1, 0.15) is 56.5 Å². The van der Waals surface area contributed by atoms with Crippen molar-refractivity contribution >= 4 is 34.4 Å². The maximum absolute atomic E-state index is 13.2. The molecule has 1 aliphatic heterocycles. The van der Waals surface area contributed by atoms with Crippen LogP contribution in [0.15, 0.2) is 59.5 Å². The van der Waals surface area contributed by atoms with E-state index in [-0.39, 0.29) is 17.6 Å². The van der Waals surface area contributed by atoms with Crippen molar-refractivity contribution in [1.29, 1.82) is 0 Å². The molecule has 1 aliphatic rings. The maximum Gasteiger partial charge on any atom is 0.410 e. The molecule has 0 radical (unpaired) electrons. The number of benzene rings is 2. The predicted molar refractivity (Wildman–Crippen MR) is 149 cm³/mol. The van der Waals surface area contributed by atoms with Gasteiger partial charge in [-0.3, -0.25) is 9.59 Å². The molecular formula is C30H35N3O6. The minimum absolute atomic E-state index is 0.110. The lowest BCUT2D eigenvalue weighted by atomic mass is 9.79. The SMILES string of the molecule is COC(=O)c1ccc2ccn(Cc3cccc(NC(=O)C4(C)CCN(C(=O)OC(C)(C)C)CC4)c3)c(=O)c2c1. The van der Waals surface area contributed by atoms with E-state index in [4.69, 9.17) is 9.47 Å². The van der Waals surface area contributed by atoms with Gasteiger partial charge in [0.2, 0.25) is 5.91 Å². The summed E-state index contributed by atoms with van der Waals surface area (Å²) in [5, 5.41) is 4.18. The van der Waals surface area contributed by atoms with Crippen molar-refractivity contribution in [3.8, 4) is 0 Å². The first-order valence-corrected chi connectivity index (χ1v) is 13.0. The quantitative estimate of drug-likeness (QED) is 0.472. The number of carbonyl (C=O) groups excluding carboxylic acids is 3. The standard InChI is InChI=1S/C30H35N3O6/c1-29(2,3)39-28(37)32-15-12-30(4,13-16-32)27(36)31-23-8-6-7-20(17-23)19-33-14-11-21-9-10-22(26(35)38-5)18-24(21)25(33)34/h6-11,14,17-18H,12-13,15-16,19H2,1-5H3,(H,31,36). The summed E-state index contributed by atoms with van der Waals surface area (Å²) in [5.74, 6) is -0.610. The number of amides is 2. The van der Waals surface area contributed by atoms with Crippen molar-refractivity contribution in [1.82, 2.24) is 9.47 Å². The molecule has 1 N–H and O–H groups in total. The van der Waals surface area contributed by atoms with E-state index < -0.39 is 17.0 Å². The second-order valence-electron chi connectivity index (χ2n) is 11.2. The van der Waals surface area contributed by atoms with Crippen molar-refractivity contribution in [2.24, 2.45) is 5.41 Å². The summed E-state index contributed by atoms with van der Waals surface area (Å²) < 4.78 is 11.8. The Bertz CT molecular complexity index is 1460. The molecule has 0 saturated carbocycles. The lowest BCUT2D eigenvalue weighted by Gasteiger charge is -2.38. The molecule has 9 nitrogen and oxygen atoms in total. The molecule has 4 rings (SSSR count). The number of fused-ring (bicyclic) bond motifs is 1. The summed E-state index contributed by atoms with van der Waals surface area (Å²) in [6, 6.07) is 14.1. The van der Waals surface area contributed by atoms with E-state index in [0.717, 1.165) is 10.9 Å². The Morgan fingerprint density at radius 2 is 1.74 bits per heavy atom. The van der Waals surface area contributed by atoms with Crippen molar-refractivity contribution in [3.63, 3.8) is 0 Å². The van der Waals surface area contributed by atoms with Crippen molar-refractivity contribution in [3.05, 3.63) is 76.2 Å². The Kier molecular flexibility index (Phi) is 7.81. The summed E-state index contributed by atoms with van der Waals surface area (Å²) >= 11 is 0. The van der Waals surface area contributed by atoms with Gasteiger partial charge < -0.3 is 24.3 Å². The minimum atomic E-state index is -0.624. The molecule has 0 spiro atoms. The van der Waals surface area contributed by atoms with Gasteiger partial charge in [-0.15, -0.1) is 0 Å². The summed E-state index contributed by atoms with van der Waals surface area (Å²) in [6.45, 7) is 8.59. The number of ether oxygens (including phenoxy) is 2. The fourth-order valence-corrected chi connectivity index (χ4v) is 4.61. The number of nitrogens with one attached hydrogen (secondary N) is 1. The van der Waals surface area contributed by atoms with Crippen LogP contribution in [0.5, 0.6) is 0 Å². The number of pyridine rings is 1. The third-order valence-corrected chi connectivity index (χ3v) is 7.00. The van der Waals surface area contributed by atoms with E-state index in [0.29, 0.717) is 49.1 Å². The number of likely N-dealkylation sites (tertiary alicyclic amines) is 1. The van der Waals surface area contributed by atoms with Crippen LogP contribution < -0.4 is 10.9 Å². The van der Waals surface area contributed by atoms with Gasteiger partial charge in [0.25, 0.3) is 5.56 Å². The molecular weight excluding hydrogens is 498 g/mol. The van der Waals surface area contributed by atoms with E-state index in [1.807, 2.05) is 58.0 Å². The number of hydrogen-bond acceptors (Lipinski definition) is 6. The molecule has 39 heavy (non-hydrogen) atoms. The second-order valence-corrected chi connectivity index (χ2v) is 11.2. The molecule has 2 heterocycles. The number of aromatic nitrogens is 1. The molecule has 1 saturated heterocycles. The van der Waals surface area contributed by atoms with Gasteiger partial charge in [0, 0.05) is 30.4 Å². The molecule has 2 aromatic carbocycles. The molecule has 3 aromatic rings. The van der Waals surface area contributed by atoms with E-state index >= 15 is 0 Å². The van der Waals surface area contributed by atoms with E-state index in [1.54, 1.807) is 33.9 Å². The van der Waals surface area contributed by atoms with Gasteiger partial charge in [-0.1, -0.05) is 25.1 Å². The van der Waals surface area contributed by atoms with Crippen LogP contribution >= 0.6 is 0 Å². The first-order chi connectivity index (χ1) is 18.4. The molecule has 2 amide bonds. The smallest absolute Gasteiger partial charge is 0.410 e. The number of rotatable bonds is 5. The monoisotopic (exact) mass is 533 g/mol. The Morgan fingerprint density at radius 1 is 1.03 bits per heavy atom. The number of methoxy groups -OCH3 is 1. The number of piperidine rings is 1. The van der Waals surface area contributed by atoms with Crippen molar-refractivity contribution in [2.45, 2.75) is 52.7 Å². The Balaban J connectivity index is 1.44. The highest BCUT2D eigenvalue weighted by atomic mass is 16.6. The molecule has 0 aliphatic carbocycles. The van der Waals surface area contributed by atoms with E-state index in [1.165, 1.54) is 7.11 Å². The average Bonchev–Trinajstić information content (AvgIpc) is 2.89. The number of anilines is 1. The second kappa shape index (κ2) is 10.9. The van der Waals surface area contributed by atoms with Crippen molar-refractivity contribution < 1.29 is 23.9 Å². The van der Waals surface area contributed by atoms with Crippen LogP contribution in [0.3, 0.4) is 0 Å². The molecule has 0 atom stereocenters. The predicted octanol–water partition coefficient (Wildman–Crippen LogP) is 4.81. The molecule has 1 fully saturated rings. The summed E-state index contributed by atoms with van der Waals surface area (Å²) in [5.41, 5.74) is 0.371. The largest absolute Gasteiger partial charge is 0.465 e. The maximum atomic E-state index is 13.2. The van der Waals surface area contributed by atoms with Crippen molar-refractivity contribution in [2.75, 3.05) is 25.5 Å². The molecule has 9 heteroatoms. The fraction of sp³-hybridized carbons (Fsp3) is 0.400. The third kappa shape index (κ3) is 6.47. The summed E-state index contributed by atoms with van der Waals surface area (Å²) in [7, 11) is 1.30. The molecule has 0 bridgehead atoms. The molecule has 0 unspecified atom stereocenters. The van der Waals surface area contributed by atoms with Crippen LogP contribution in [0, 0.1) is 5.41 Å². The van der Waals surface area contributed by atoms with Crippen LogP contribution in [0.2, 0.25) is 0 Å². The van der Waals surface area contributed by atoms with E-state index in [9.17, 15) is 19.2 Å². The van der Waals surface area contributed by atoms with Gasteiger partial charge in [0.05, 0.1) is 24.6 Å². The highest BCUT2D eigenvalue weighted by Gasteiger charge is 2.39. The summed E-state index contributed by atoms with van der Waals surface area (Å²) in [6.07, 6.45) is 2.41. The normalized spacial score (nSPS) is 15.1. The van der Waals surface area contributed by atoms with Crippen LogP contribution in [-0.4, -0.2) is 53.2 Å². The van der Waals surface area contributed by atoms with Gasteiger partial charge in [-0.05, 0) is 74.9 Å². The molecule has 206 valence electrons. The highest BCUT2D eigenvalue weighted by molar-refractivity contribution is 5.96. The third-order valence-electron chi connectivity index (χ3n) is 7.00. The number of esters is 1. The van der Waals surface area contributed by atoms with Crippen LogP contribution in [-0.2, 0) is 20.8 Å². The Labute approximate surface area is 227 Å². The zero-order valence-electron chi connectivity index (χ0n) is 23.1. The van der Waals surface area contributed by atoms with Gasteiger partial charge in [0.1, 0.15) is 5.60 Å². The fourth-order valence-electron chi connectivity index (χ4n) is 4.61. The number of carbonyl (C=O) groups is 3. The van der Waals surface area contributed by atoms with E-state index in [2.05, 4.69) is 5.32 Å². The zero-order chi connectivity index (χ0) is 28.4. The Hall–Kier alpha value is -4.14. The zero-order valence-corrected chi connectivity index (χ0v) is 23.1.